The van der Waals surface area contributed by atoms with Gasteiger partial charge in [0.05, 0.1) is 0 Å². The monoisotopic (exact) mass is 284 g/mol. The molecule has 0 rings (SSSR count). The van der Waals surface area contributed by atoms with Gasteiger partial charge in [0.2, 0.25) is 0 Å². The van der Waals surface area contributed by atoms with Crippen LogP contribution in [0, 0.1) is 0 Å². The van der Waals surface area contributed by atoms with Gasteiger partial charge in [-0.1, -0.05) is 0 Å². The Morgan fingerprint density at radius 2 is 1.25 bits per heavy atom. The van der Waals surface area contributed by atoms with E-state index in [1.54, 1.807) is 6.92 Å². The van der Waals surface area contributed by atoms with Crippen LogP contribution in [-0.4, -0.2) is 11.7 Å². The van der Waals surface area contributed by atoms with Gasteiger partial charge in [-0.3, -0.25) is 0 Å². The molecule has 0 heterocycles. The first-order chi connectivity index (χ1) is 3.41. The molecular weight excluding hydrogens is 278 g/mol. The predicted octanol–water partition coefficient (Wildman–Crippen LogP) is 2.75. The van der Waals surface area contributed by atoms with Crippen LogP contribution in [0.4, 0.5) is 0 Å². The summed E-state index contributed by atoms with van der Waals surface area (Å²) in [4.78, 5) is 0. The molecule has 0 radical (unpaired) electrons. The molecular formula is C2H6Cl4MoO. The number of aliphatic hydroxyl groups is 1. The average Bonchev–Trinajstić information content (AvgIpc) is 1.27. The molecule has 0 aromatic rings. The van der Waals surface area contributed by atoms with E-state index in [2.05, 4.69) is 0 Å². The van der Waals surface area contributed by atoms with Gasteiger partial charge in [0.25, 0.3) is 0 Å². The Morgan fingerprint density at radius 3 is 1.25 bits per heavy atom. The summed E-state index contributed by atoms with van der Waals surface area (Å²) in [5.41, 5.74) is 0. The Morgan fingerprint density at radius 1 is 1.25 bits per heavy atom. The summed E-state index contributed by atoms with van der Waals surface area (Å²) in [6.07, 6.45) is 0. The molecule has 0 fully saturated rings. The molecule has 0 atom stereocenters. The third-order valence-corrected chi connectivity index (χ3v) is 0. The first kappa shape index (κ1) is 12.5. The maximum atomic E-state index is 7.57. The number of hydrogen-bond acceptors (Lipinski definition) is 1. The fourth-order valence-electron chi connectivity index (χ4n) is 0. The summed E-state index contributed by atoms with van der Waals surface area (Å²) in [6, 6.07) is 0. The van der Waals surface area contributed by atoms with E-state index < -0.39 is 11.9 Å². The van der Waals surface area contributed by atoms with Crippen LogP contribution >= 0.6 is 37.7 Å². The summed E-state index contributed by atoms with van der Waals surface area (Å²) in [5, 5.41) is 7.57. The molecule has 54 valence electrons. The van der Waals surface area contributed by atoms with Gasteiger partial charge in [-0.2, -0.15) is 0 Å². The van der Waals surface area contributed by atoms with Crippen LogP contribution in [0.3, 0.4) is 0 Å². The first-order valence-electron chi connectivity index (χ1n) is 1.64. The van der Waals surface area contributed by atoms with E-state index in [0.29, 0.717) is 0 Å². The minimum atomic E-state index is -3.13. The van der Waals surface area contributed by atoms with Crippen molar-refractivity contribution in [2.75, 3.05) is 6.61 Å². The van der Waals surface area contributed by atoms with Gasteiger partial charge < -0.3 is 5.11 Å². The van der Waals surface area contributed by atoms with Crippen LogP contribution in [0.2, 0.25) is 0 Å². The van der Waals surface area contributed by atoms with Gasteiger partial charge in [-0.25, -0.2) is 0 Å². The number of aliphatic hydroxyl groups excluding tert-OH is 1. The molecule has 0 aromatic heterocycles. The standard InChI is InChI=1S/C2H6O.4ClH.Mo/c1-2-3;;;;;/h3H,2H2,1H3;4*1H;/q;;;;;+4/p-4. The van der Waals surface area contributed by atoms with E-state index in [-0.39, 0.29) is 6.61 Å². The predicted molar refractivity (Wildman–Crippen MR) is 36.2 cm³/mol. The molecule has 1 nitrogen and oxygen atoms in total. The first-order valence-corrected chi connectivity index (χ1v) is 12.0. The van der Waals surface area contributed by atoms with E-state index >= 15 is 0 Å². The van der Waals surface area contributed by atoms with Crippen LogP contribution < -0.4 is 0 Å². The van der Waals surface area contributed by atoms with Gasteiger partial charge in [0.1, 0.15) is 0 Å². The van der Waals surface area contributed by atoms with Crippen molar-refractivity contribution in [3.8, 4) is 0 Å². The quantitative estimate of drug-likeness (QED) is 0.678. The van der Waals surface area contributed by atoms with Crippen LogP contribution in [0.15, 0.2) is 0 Å². The van der Waals surface area contributed by atoms with Crippen LogP contribution in [0.25, 0.3) is 0 Å². The SMILES string of the molecule is CCO.[Cl][Mo]([Cl])([Cl])[Cl]. The van der Waals surface area contributed by atoms with Crippen LogP contribution in [0.1, 0.15) is 6.92 Å². The second kappa shape index (κ2) is 6.92. The molecule has 6 heteroatoms. The van der Waals surface area contributed by atoms with Crippen molar-refractivity contribution in [3.63, 3.8) is 0 Å². The van der Waals surface area contributed by atoms with Gasteiger partial charge in [-0.05, 0) is 6.92 Å². The minimum absolute atomic E-state index is 0.250. The molecule has 0 aliphatic carbocycles. The van der Waals surface area contributed by atoms with Gasteiger partial charge in [-0.15, -0.1) is 0 Å². The summed E-state index contributed by atoms with van der Waals surface area (Å²) in [7, 11) is 20.1. The second-order valence-corrected chi connectivity index (χ2v) is 18.9. The van der Waals surface area contributed by atoms with E-state index in [1.165, 1.54) is 0 Å². The molecule has 0 bridgehead atoms. The third kappa shape index (κ3) is 111. The van der Waals surface area contributed by atoms with Crippen molar-refractivity contribution in [1.29, 1.82) is 0 Å². The fourth-order valence-corrected chi connectivity index (χ4v) is 0. The molecule has 0 aromatic carbocycles. The van der Waals surface area contributed by atoms with Crippen molar-refractivity contribution < 1.29 is 17.0 Å². The zero-order chi connectivity index (χ0) is 7.21. The summed E-state index contributed by atoms with van der Waals surface area (Å²) < 4.78 is 0. The van der Waals surface area contributed by atoms with Crippen molar-refractivity contribution >= 4 is 37.7 Å². The van der Waals surface area contributed by atoms with Crippen molar-refractivity contribution in [2.45, 2.75) is 6.92 Å². The number of rotatable bonds is 0. The van der Waals surface area contributed by atoms with Gasteiger partial charge in [0.15, 0.2) is 0 Å². The van der Waals surface area contributed by atoms with Crippen molar-refractivity contribution in [2.24, 2.45) is 0 Å². The topological polar surface area (TPSA) is 20.2 Å². The molecule has 0 aliphatic rings. The zero-order valence-corrected chi connectivity index (χ0v) is 9.11. The van der Waals surface area contributed by atoms with Crippen LogP contribution in [-0.2, 0) is 11.9 Å². The fraction of sp³-hybridized carbons (Fsp3) is 1.00. The molecule has 8 heavy (non-hydrogen) atoms. The molecule has 0 aliphatic heterocycles. The molecule has 0 unspecified atom stereocenters. The Balaban J connectivity index is 0. The van der Waals surface area contributed by atoms with Crippen LogP contribution in [0.5, 0.6) is 0 Å². The van der Waals surface area contributed by atoms with Gasteiger partial charge >= 0.3 is 49.6 Å². The second-order valence-electron chi connectivity index (χ2n) is 0.666. The Kier molecular flexibility index (Phi) is 10.8. The van der Waals surface area contributed by atoms with E-state index in [1.807, 2.05) is 0 Å². The number of halogens is 4. The van der Waals surface area contributed by atoms with Gasteiger partial charge in [0, 0.05) is 6.61 Å². The molecule has 0 spiro atoms. The summed E-state index contributed by atoms with van der Waals surface area (Å²) >= 11 is -3.13. The molecule has 0 saturated carbocycles. The molecule has 0 saturated heterocycles. The van der Waals surface area contributed by atoms with E-state index in [9.17, 15) is 0 Å². The third-order valence-electron chi connectivity index (χ3n) is 0. The number of hydrogen-bond donors (Lipinski definition) is 1. The Hall–Kier alpha value is 1.81. The average molecular weight is 284 g/mol. The van der Waals surface area contributed by atoms with Crippen molar-refractivity contribution in [1.82, 2.24) is 0 Å². The maximum absolute atomic E-state index is 7.57. The molecule has 1 N–H and O–H groups in total. The zero-order valence-electron chi connectivity index (χ0n) is 4.07. The summed E-state index contributed by atoms with van der Waals surface area (Å²) in [6.45, 7) is 1.93. The van der Waals surface area contributed by atoms with E-state index in [0.717, 1.165) is 0 Å². The molecule has 0 amide bonds. The Labute approximate surface area is 67.8 Å². The Bertz CT molecular complexity index is 37.8. The summed E-state index contributed by atoms with van der Waals surface area (Å²) in [5.74, 6) is 0. The van der Waals surface area contributed by atoms with E-state index in [4.69, 9.17) is 42.8 Å². The van der Waals surface area contributed by atoms with Crippen molar-refractivity contribution in [3.05, 3.63) is 0 Å². The normalized spacial score (nSPS) is 11.8.